The third kappa shape index (κ3) is 6.03. The Kier molecular flexibility index (Phi) is 8.27. The molecule has 1 aromatic rings. The average Bonchev–Trinajstić information content (AvgIpc) is 3.06. The predicted molar refractivity (Wildman–Crippen MR) is 92.5 cm³/mol. The van der Waals surface area contributed by atoms with Crippen molar-refractivity contribution in [2.75, 3.05) is 25.9 Å². The van der Waals surface area contributed by atoms with Crippen LogP contribution in [0.2, 0.25) is 0 Å². The van der Waals surface area contributed by atoms with E-state index in [1.807, 2.05) is 24.1 Å². The highest BCUT2D eigenvalue weighted by Gasteiger charge is 2.15. The molecular weight excluding hydrogens is 373 g/mol. The number of hydrogen-bond donors (Lipinski definition) is 2. The molecule has 7 heteroatoms. The Morgan fingerprint density at radius 1 is 1.53 bits per heavy atom. The maximum absolute atomic E-state index is 4.23. The molecule has 2 heterocycles. The van der Waals surface area contributed by atoms with Crippen LogP contribution in [0.4, 0.5) is 0 Å². The minimum atomic E-state index is 0. The Morgan fingerprint density at radius 3 is 3.05 bits per heavy atom. The molecule has 19 heavy (non-hydrogen) atoms. The van der Waals surface area contributed by atoms with E-state index in [9.17, 15) is 0 Å². The first-order valence-electron chi connectivity index (χ1n) is 6.40. The van der Waals surface area contributed by atoms with Gasteiger partial charge >= 0.3 is 0 Å². The lowest BCUT2D eigenvalue weighted by molar-refractivity contribution is 0.657. The van der Waals surface area contributed by atoms with Crippen molar-refractivity contribution in [3.8, 4) is 0 Å². The molecule has 2 rings (SSSR count). The van der Waals surface area contributed by atoms with Gasteiger partial charge in [0.1, 0.15) is 0 Å². The summed E-state index contributed by atoms with van der Waals surface area (Å²) < 4.78 is 2.05. The zero-order chi connectivity index (χ0) is 12.6. The zero-order valence-corrected chi connectivity index (χ0v) is 14.4. The van der Waals surface area contributed by atoms with E-state index in [-0.39, 0.29) is 24.0 Å². The largest absolute Gasteiger partial charge is 0.355 e. The summed E-state index contributed by atoms with van der Waals surface area (Å²) in [6.45, 7) is 2.77. The highest BCUT2D eigenvalue weighted by Crippen LogP contribution is 2.25. The molecule has 0 saturated carbocycles. The van der Waals surface area contributed by atoms with Gasteiger partial charge in [-0.1, -0.05) is 0 Å². The van der Waals surface area contributed by atoms with Crippen molar-refractivity contribution in [2.45, 2.75) is 24.6 Å². The molecule has 0 radical (unpaired) electrons. The summed E-state index contributed by atoms with van der Waals surface area (Å²) in [7, 11) is 1.81. The van der Waals surface area contributed by atoms with E-state index < -0.39 is 0 Å². The second kappa shape index (κ2) is 9.46. The van der Waals surface area contributed by atoms with Gasteiger partial charge in [0, 0.05) is 44.3 Å². The van der Waals surface area contributed by atoms with Crippen LogP contribution in [0.1, 0.15) is 12.8 Å². The summed E-state index contributed by atoms with van der Waals surface area (Å²) in [5.74, 6) is 2.20. The molecule has 1 aromatic heterocycles. The van der Waals surface area contributed by atoms with Crippen LogP contribution in [0, 0.1) is 0 Å². The number of nitrogens with zero attached hydrogens (tertiary/aromatic N) is 3. The fourth-order valence-electron chi connectivity index (χ4n) is 1.96. The second-order valence-corrected chi connectivity index (χ2v) is 5.72. The third-order valence-corrected chi connectivity index (χ3v) is 4.36. The molecule has 1 atom stereocenters. The first-order chi connectivity index (χ1) is 8.88. The number of aliphatic imine (C=N–C) groups is 1. The SMILES string of the molecule is CN=C(NCCn1ccnc1)NCC1CCCS1.I. The number of guanidine groups is 1. The van der Waals surface area contributed by atoms with Gasteiger partial charge in [0.05, 0.1) is 6.33 Å². The third-order valence-electron chi connectivity index (χ3n) is 2.97. The zero-order valence-electron chi connectivity index (χ0n) is 11.2. The lowest BCUT2D eigenvalue weighted by atomic mass is 10.2. The topological polar surface area (TPSA) is 54.2 Å². The summed E-state index contributed by atoms with van der Waals surface area (Å²) >= 11 is 2.06. The van der Waals surface area contributed by atoms with E-state index >= 15 is 0 Å². The van der Waals surface area contributed by atoms with Gasteiger partial charge in [0.2, 0.25) is 0 Å². The monoisotopic (exact) mass is 395 g/mol. The summed E-state index contributed by atoms with van der Waals surface area (Å²) in [5.41, 5.74) is 0. The van der Waals surface area contributed by atoms with Crippen LogP contribution in [0.5, 0.6) is 0 Å². The molecule has 108 valence electrons. The summed E-state index contributed by atoms with van der Waals surface area (Å²) in [4.78, 5) is 8.24. The standard InChI is InChI=1S/C12H21N5S.HI/c1-13-12(16-9-11-3-2-8-18-11)15-5-7-17-6-4-14-10-17;/h4,6,10-11H,2-3,5,7-9H2,1H3,(H2,13,15,16);1H. The van der Waals surface area contributed by atoms with Crippen molar-refractivity contribution < 1.29 is 0 Å². The van der Waals surface area contributed by atoms with Crippen molar-refractivity contribution in [1.29, 1.82) is 0 Å². The van der Waals surface area contributed by atoms with Crippen LogP contribution in [-0.4, -0.2) is 46.7 Å². The van der Waals surface area contributed by atoms with Gasteiger partial charge in [-0.15, -0.1) is 24.0 Å². The van der Waals surface area contributed by atoms with Crippen molar-refractivity contribution in [2.24, 2.45) is 4.99 Å². The average molecular weight is 395 g/mol. The Balaban J connectivity index is 0.00000180. The molecule has 1 unspecified atom stereocenters. The molecule has 1 fully saturated rings. The normalized spacial score (nSPS) is 19.0. The lowest BCUT2D eigenvalue weighted by Crippen LogP contribution is -2.41. The number of nitrogens with one attached hydrogen (secondary N) is 2. The predicted octanol–water partition coefficient (Wildman–Crippen LogP) is 1.56. The van der Waals surface area contributed by atoms with Gasteiger partial charge in [-0.2, -0.15) is 11.8 Å². The number of thioether (sulfide) groups is 1. The van der Waals surface area contributed by atoms with Crippen LogP contribution in [0.15, 0.2) is 23.7 Å². The van der Waals surface area contributed by atoms with Gasteiger partial charge in [-0.05, 0) is 18.6 Å². The molecule has 1 aliphatic rings. The molecule has 0 aromatic carbocycles. The van der Waals surface area contributed by atoms with E-state index in [4.69, 9.17) is 0 Å². The van der Waals surface area contributed by atoms with E-state index in [2.05, 4.69) is 32.4 Å². The van der Waals surface area contributed by atoms with Crippen molar-refractivity contribution in [3.63, 3.8) is 0 Å². The lowest BCUT2D eigenvalue weighted by Gasteiger charge is -2.14. The smallest absolute Gasteiger partial charge is 0.191 e. The minimum absolute atomic E-state index is 0. The minimum Gasteiger partial charge on any atom is -0.355 e. The maximum atomic E-state index is 4.23. The molecule has 0 bridgehead atoms. The Bertz CT molecular complexity index is 362. The Labute approximate surface area is 136 Å². The number of imidazole rings is 1. The van der Waals surface area contributed by atoms with Crippen LogP contribution in [-0.2, 0) is 6.54 Å². The van der Waals surface area contributed by atoms with Gasteiger partial charge in [-0.25, -0.2) is 4.98 Å². The van der Waals surface area contributed by atoms with Crippen molar-refractivity contribution in [3.05, 3.63) is 18.7 Å². The number of halogens is 1. The Hall–Kier alpha value is -0.440. The number of aromatic nitrogens is 2. The van der Waals surface area contributed by atoms with E-state index in [0.717, 1.165) is 30.8 Å². The fourth-order valence-corrected chi connectivity index (χ4v) is 3.16. The highest BCUT2D eigenvalue weighted by atomic mass is 127. The van der Waals surface area contributed by atoms with Gasteiger partial charge in [-0.3, -0.25) is 4.99 Å². The van der Waals surface area contributed by atoms with Crippen LogP contribution < -0.4 is 10.6 Å². The summed E-state index contributed by atoms with van der Waals surface area (Å²) in [5, 5.41) is 7.44. The fraction of sp³-hybridized carbons (Fsp3) is 0.667. The van der Waals surface area contributed by atoms with E-state index in [1.54, 1.807) is 6.20 Å². The quantitative estimate of drug-likeness (QED) is 0.452. The second-order valence-electron chi connectivity index (χ2n) is 4.32. The van der Waals surface area contributed by atoms with E-state index in [0.29, 0.717) is 0 Å². The summed E-state index contributed by atoms with van der Waals surface area (Å²) in [6.07, 6.45) is 8.26. The molecular formula is C12H22IN5S. The van der Waals surface area contributed by atoms with Crippen molar-refractivity contribution in [1.82, 2.24) is 20.2 Å². The molecule has 1 saturated heterocycles. The van der Waals surface area contributed by atoms with E-state index in [1.165, 1.54) is 18.6 Å². The van der Waals surface area contributed by atoms with Gasteiger partial charge < -0.3 is 15.2 Å². The molecule has 5 nitrogen and oxygen atoms in total. The van der Waals surface area contributed by atoms with Crippen LogP contribution in [0.3, 0.4) is 0 Å². The molecule has 0 aliphatic carbocycles. The van der Waals surface area contributed by atoms with Crippen LogP contribution in [0.25, 0.3) is 0 Å². The first-order valence-corrected chi connectivity index (χ1v) is 7.45. The number of rotatable bonds is 5. The molecule has 0 spiro atoms. The molecule has 0 amide bonds. The number of hydrogen-bond acceptors (Lipinski definition) is 3. The first kappa shape index (κ1) is 16.6. The Morgan fingerprint density at radius 2 is 2.42 bits per heavy atom. The van der Waals surface area contributed by atoms with Crippen LogP contribution >= 0.6 is 35.7 Å². The van der Waals surface area contributed by atoms with Gasteiger partial charge in [0.15, 0.2) is 5.96 Å². The molecule has 2 N–H and O–H groups in total. The highest BCUT2D eigenvalue weighted by molar-refractivity contribution is 14.0. The van der Waals surface area contributed by atoms with Gasteiger partial charge in [0.25, 0.3) is 0 Å². The molecule has 1 aliphatic heterocycles. The summed E-state index contributed by atoms with van der Waals surface area (Å²) in [6, 6.07) is 0. The maximum Gasteiger partial charge on any atom is 0.191 e. The van der Waals surface area contributed by atoms with Crippen molar-refractivity contribution >= 4 is 41.7 Å².